The van der Waals surface area contributed by atoms with Crippen molar-refractivity contribution in [2.24, 2.45) is 5.41 Å². The van der Waals surface area contributed by atoms with Crippen molar-refractivity contribution in [1.82, 2.24) is 0 Å². The van der Waals surface area contributed by atoms with E-state index in [4.69, 9.17) is 23.2 Å². The van der Waals surface area contributed by atoms with Gasteiger partial charge in [0, 0.05) is 38.9 Å². The molecule has 1 aliphatic carbocycles. The fraction of sp³-hybridized carbons (Fsp3) is 0.240. The van der Waals surface area contributed by atoms with Crippen LogP contribution in [-0.4, -0.2) is 5.78 Å². The van der Waals surface area contributed by atoms with E-state index in [0.29, 0.717) is 16.5 Å². The minimum Gasteiger partial charge on any atom is -0.374 e. The van der Waals surface area contributed by atoms with E-state index in [1.165, 1.54) is 0 Å². The maximum atomic E-state index is 13.3. The molecule has 1 aliphatic heterocycles. The van der Waals surface area contributed by atoms with E-state index >= 15 is 0 Å². The van der Waals surface area contributed by atoms with Gasteiger partial charge in [0.05, 0.1) is 6.04 Å². The molecule has 0 fully saturated rings. The molecule has 2 aliphatic rings. The minimum absolute atomic E-state index is 0.0993. The average Bonchev–Trinajstić information content (AvgIpc) is 2.65. The molecule has 4 heteroatoms. The number of anilines is 1. The molecular weight excluding hydrogens is 401 g/mol. The standard InChI is InChI=1S/C25H21Cl2NO/c1-25(2)12-17-22(21(29)13-25)16-10-14-6-3-4-7-15(14)11-20(16)28-24(17)23-18(26)8-5-9-19(23)27/h3-11,24,28H,12-13H2,1-2H3/t24-/m0/s1. The molecule has 29 heavy (non-hydrogen) atoms. The van der Waals surface area contributed by atoms with Crippen molar-refractivity contribution in [2.75, 3.05) is 5.32 Å². The number of hydrogen-bond acceptors (Lipinski definition) is 2. The first-order valence-corrected chi connectivity index (χ1v) is 10.6. The summed E-state index contributed by atoms with van der Waals surface area (Å²) in [6.07, 6.45) is 1.36. The molecular formula is C25H21Cl2NO. The van der Waals surface area contributed by atoms with Crippen LogP contribution in [0.15, 0.2) is 60.2 Å². The molecule has 0 radical (unpaired) electrons. The van der Waals surface area contributed by atoms with Gasteiger partial charge in [-0.25, -0.2) is 0 Å². The summed E-state index contributed by atoms with van der Waals surface area (Å²) in [6, 6.07) is 17.8. The Labute approximate surface area is 180 Å². The summed E-state index contributed by atoms with van der Waals surface area (Å²) in [5, 5.41) is 7.16. The monoisotopic (exact) mass is 421 g/mol. The highest BCUT2D eigenvalue weighted by Gasteiger charge is 2.41. The molecule has 146 valence electrons. The van der Waals surface area contributed by atoms with E-state index in [2.05, 4.69) is 43.4 Å². The van der Waals surface area contributed by atoms with Crippen LogP contribution in [0.1, 0.15) is 43.9 Å². The number of allylic oxidation sites excluding steroid dienone is 1. The molecule has 1 atom stereocenters. The van der Waals surface area contributed by atoms with E-state index in [1.807, 2.05) is 30.3 Å². The predicted molar refractivity (Wildman–Crippen MR) is 122 cm³/mol. The number of Topliss-reactive ketones (excluding diaryl/α,β-unsaturated/α-hetero) is 1. The van der Waals surface area contributed by atoms with Gasteiger partial charge in [0.15, 0.2) is 5.78 Å². The van der Waals surface area contributed by atoms with Crippen molar-refractivity contribution < 1.29 is 4.79 Å². The Bertz CT molecular complexity index is 1190. The molecule has 1 heterocycles. The lowest BCUT2D eigenvalue weighted by Crippen LogP contribution is -2.32. The molecule has 0 saturated carbocycles. The molecule has 5 rings (SSSR count). The van der Waals surface area contributed by atoms with Gasteiger partial charge >= 0.3 is 0 Å². The largest absolute Gasteiger partial charge is 0.374 e. The van der Waals surface area contributed by atoms with Crippen molar-refractivity contribution >= 4 is 51.0 Å². The van der Waals surface area contributed by atoms with Crippen molar-refractivity contribution in [3.63, 3.8) is 0 Å². The molecule has 0 spiro atoms. The van der Waals surface area contributed by atoms with Gasteiger partial charge in [0.1, 0.15) is 0 Å². The second kappa shape index (κ2) is 6.62. The Morgan fingerprint density at radius 3 is 2.28 bits per heavy atom. The van der Waals surface area contributed by atoms with Crippen LogP contribution in [0.25, 0.3) is 16.3 Å². The maximum absolute atomic E-state index is 13.3. The van der Waals surface area contributed by atoms with Crippen LogP contribution in [0.4, 0.5) is 5.69 Å². The number of rotatable bonds is 1. The summed E-state index contributed by atoms with van der Waals surface area (Å²) < 4.78 is 0. The highest BCUT2D eigenvalue weighted by atomic mass is 35.5. The molecule has 0 aromatic heterocycles. The summed E-state index contributed by atoms with van der Waals surface area (Å²) in [7, 11) is 0. The van der Waals surface area contributed by atoms with Crippen LogP contribution in [0.3, 0.4) is 0 Å². The van der Waals surface area contributed by atoms with Gasteiger partial charge in [0.25, 0.3) is 0 Å². The lowest BCUT2D eigenvalue weighted by molar-refractivity contribution is -0.116. The first-order valence-electron chi connectivity index (χ1n) is 9.84. The Kier molecular flexibility index (Phi) is 4.27. The summed E-state index contributed by atoms with van der Waals surface area (Å²) in [5.41, 5.74) is 4.61. The number of benzene rings is 3. The van der Waals surface area contributed by atoms with Gasteiger partial charge in [-0.15, -0.1) is 0 Å². The fourth-order valence-electron chi connectivity index (χ4n) is 4.78. The van der Waals surface area contributed by atoms with E-state index in [9.17, 15) is 4.79 Å². The molecule has 0 saturated heterocycles. The molecule has 3 aromatic rings. The minimum atomic E-state index is -0.219. The van der Waals surface area contributed by atoms with Crippen molar-refractivity contribution in [3.8, 4) is 0 Å². The van der Waals surface area contributed by atoms with Gasteiger partial charge in [-0.1, -0.05) is 67.4 Å². The highest BCUT2D eigenvalue weighted by Crippen LogP contribution is 2.52. The SMILES string of the molecule is CC1(C)CC(=O)C2=C(C1)[C@@H](c1c(Cl)cccc1Cl)Nc1cc3ccccc3cc12. The Balaban J connectivity index is 1.81. The average molecular weight is 422 g/mol. The zero-order chi connectivity index (χ0) is 20.3. The van der Waals surface area contributed by atoms with E-state index < -0.39 is 0 Å². The first kappa shape index (κ1) is 18.7. The van der Waals surface area contributed by atoms with Crippen LogP contribution < -0.4 is 5.32 Å². The van der Waals surface area contributed by atoms with Crippen molar-refractivity contribution in [3.05, 3.63) is 81.3 Å². The smallest absolute Gasteiger partial charge is 0.164 e. The molecule has 0 bridgehead atoms. The number of carbonyl (C=O) groups is 1. The first-order chi connectivity index (χ1) is 13.8. The number of fused-ring (bicyclic) bond motifs is 3. The third-order valence-corrected chi connectivity index (χ3v) is 6.66. The Hall–Kier alpha value is -2.29. The molecule has 0 unspecified atom stereocenters. The zero-order valence-corrected chi connectivity index (χ0v) is 17.9. The van der Waals surface area contributed by atoms with Crippen LogP contribution >= 0.6 is 23.2 Å². The second-order valence-corrected chi connectivity index (χ2v) is 9.61. The van der Waals surface area contributed by atoms with Gasteiger partial charge in [-0.2, -0.15) is 0 Å². The van der Waals surface area contributed by atoms with Crippen molar-refractivity contribution in [2.45, 2.75) is 32.7 Å². The molecule has 1 N–H and O–H groups in total. The third-order valence-electron chi connectivity index (χ3n) is 6.00. The second-order valence-electron chi connectivity index (χ2n) is 8.80. The third kappa shape index (κ3) is 3.06. The lowest BCUT2D eigenvalue weighted by atomic mass is 9.68. The molecule has 2 nitrogen and oxygen atoms in total. The number of hydrogen-bond donors (Lipinski definition) is 1. The van der Waals surface area contributed by atoms with E-state index in [-0.39, 0.29) is 17.2 Å². The molecule has 0 amide bonds. The molecule has 3 aromatic carbocycles. The zero-order valence-electron chi connectivity index (χ0n) is 16.4. The van der Waals surface area contributed by atoms with Gasteiger partial charge < -0.3 is 5.32 Å². The van der Waals surface area contributed by atoms with Crippen LogP contribution in [0.5, 0.6) is 0 Å². The summed E-state index contributed by atoms with van der Waals surface area (Å²) >= 11 is 13.2. The van der Waals surface area contributed by atoms with Gasteiger partial charge in [-0.05, 0) is 52.4 Å². The quantitative estimate of drug-likeness (QED) is 0.441. The van der Waals surface area contributed by atoms with Crippen LogP contribution in [-0.2, 0) is 4.79 Å². The fourth-order valence-corrected chi connectivity index (χ4v) is 5.40. The number of ketones is 1. The normalized spacial score (nSPS) is 20.3. The van der Waals surface area contributed by atoms with Crippen molar-refractivity contribution in [1.29, 1.82) is 0 Å². The topological polar surface area (TPSA) is 29.1 Å². The number of halogens is 2. The Morgan fingerprint density at radius 2 is 1.59 bits per heavy atom. The van der Waals surface area contributed by atoms with E-state index in [0.717, 1.165) is 45.2 Å². The lowest BCUT2D eigenvalue weighted by Gasteiger charge is -2.40. The highest BCUT2D eigenvalue weighted by molar-refractivity contribution is 6.36. The van der Waals surface area contributed by atoms with Gasteiger partial charge in [-0.3, -0.25) is 4.79 Å². The van der Waals surface area contributed by atoms with Crippen LogP contribution in [0.2, 0.25) is 10.0 Å². The summed E-state index contributed by atoms with van der Waals surface area (Å²) in [5.74, 6) is 0.197. The Morgan fingerprint density at radius 1 is 0.931 bits per heavy atom. The summed E-state index contributed by atoms with van der Waals surface area (Å²) in [6.45, 7) is 4.30. The number of nitrogens with one attached hydrogen (secondary N) is 1. The summed E-state index contributed by atoms with van der Waals surface area (Å²) in [4.78, 5) is 13.3. The predicted octanol–water partition coefficient (Wildman–Crippen LogP) is 7.46. The maximum Gasteiger partial charge on any atom is 0.164 e. The van der Waals surface area contributed by atoms with E-state index in [1.54, 1.807) is 0 Å². The van der Waals surface area contributed by atoms with Gasteiger partial charge in [0.2, 0.25) is 0 Å². The number of carbonyl (C=O) groups excluding carboxylic acids is 1. The van der Waals surface area contributed by atoms with Crippen LogP contribution in [0, 0.1) is 5.41 Å².